The van der Waals surface area contributed by atoms with Crippen molar-refractivity contribution in [1.82, 2.24) is 5.01 Å². The zero-order valence-electron chi connectivity index (χ0n) is 36.0. The fourth-order valence-electron chi connectivity index (χ4n) is 10.2. The average molecular weight is 916 g/mol. The lowest BCUT2D eigenvalue weighted by atomic mass is 9.49. The van der Waals surface area contributed by atoms with E-state index in [2.05, 4.69) is 15.7 Å². The molecular formula is C49H44Cl2N6O8. The summed E-state index contributed by atoms with van der Waals surface area (Å²) in [6, 6.07) is 28.8. The van der Waals surface area contributed by atoms with Crippen LogP contribution in [0.5, 0.6) is 23.0 Å². The van der Waals surface area contributed by atoms with Gasteiger partial charge in [-0.1, -0.05) is 47.0 Å². The Balaban J connectivity index is 1.16. The highest BCUT2D eigenvalue weighted by Crippen LogP contribution is 2.66. The van der Waals surface area contributed by atoms with Crippen LogP contribution in [0.25, 0.3) is 0 Å². The first-order valence-electron chi connectivity index (χ1n) is 20.9. The van der Waals surface area contributed by atoms with E-state index in [1.54, 1.807) is 60.7 Å². The molecule has 3 fully saturated rings. The molecule has 332 valence electrons. The molecule has 2 saturated heterocycles. The molecule has 65 heavy (non-hydrogen) atoms. The topological polar surface area (TPSA) is 163 Å². The van der Waals surface area contributed by atoms with Gasteiger partial charge >= 0.3 is 0 Å². The highest BCUT2D eigenvalue weighted by Gasteiger charge is 2.71. The standard InChI is InChI=1S/C49H44Cl2N6O8/c1-55(2)30-13-9-28(10-14-30)52-53-29-11-15-31(16-12-29)56-45(59)35-20-19-34-36(42(35)47(56)61)25-37-46(60)57(54-39-21-8-27(50)22-38(39)51)48(62)49(37,26-6-17-33(63-3)18-7-26)44(34)43-40(64-4)23-32(58)24-41(43)65-5/h6-19,21-24,35-37,42,44,54,58H,20,25H2,1-5H3. The van der Waals surface area contributed by atoms with E-state index in [4.69, 9.17) is 37.4 Å². The third kappa shape index (κ3) is 7.11. The molecule has 0 bridgehead atoms. The van der Waals surface area contributed by atoms with E-state index < -0.39 is 52.7 Å². The number of hydrazine groups is 1. The molecule has 14 nitrogen and oxygen atoms in total. The lowest BCUT2D eigenvalue weighted by Gasteiger charge is -2.51. The van der Waals surface area contributed by atoms with Crippen molar-refractivity contribution >= 4 is 75.3 Å². The number of anilines is 3. The maximum Gasteiger partial charge on any atom is 0.260 e. The molecule has 2 heterocycles. The number of methoxy groups -OCH3 is 3. The summed E-state index contributed by atoms with van der Waals surface area (Å²) in [5.41, 5.74) is 5.65. The second kappa shape index (κ2) is 16.9. The number of nitrogens with zero attached hydrogens (tertiary/aromatic N) is 5. The molecule has 4 amide bonds. The maximum atomic E-state index is 15.7. The van der Waals surface area contributed by atoms with Crippen LogP contribution in [0.1, 0.15) is 29.9 Å². The number of hydrogen-bond acceptors (Lipinski definition) is 12. The van der Waals surface area contributed by atoms with E-state index in [1.807, 2.05) is 49.3 Å². The number of aromatic hydroxyl groups is 1. The predicted octanol–water partition coefficient (Wildman–Crippen LogP) is 9.40. The van der Waals surface area contributed by atoms with Gasteiger partial charge in [0.05, 0.1) is 72.3 Å². The molecule has 0 spiro atoms. The van der Waals surface area contributed by atoms with Gasteiger partial charge in [-0.15, -0.1) is 0 Å². The second-order valence-corrected chi connectivity index (χ2v) is 17.5. The van der Waals surface area contributed by atoms with Gasteiger partial charge in [0.15, 0.2) is 0 Å². The van der Waals surface area contributed by atoms with Crippen molar-refractivity contribution in [3.8, 4) is 23.0 Å². The molecule has 0 radical (unpaired) electrons. The third-order valence-electron chi connectivity index (χ3n) is 13.2. The van der Waals surface area contributed by atoms with Crippen molar-refractivity contribution in [3.05, 3.63) is 136 Å². The Hall–Kier alpha value is -6.90. The van der Waals surface area contributed by atoms with Crippen molar-refractivity contribution in [2.24, 2.45) is 33.9 Å². The number of imide groups is 2. The lowest BCUT2D eigenvalue weighted by Crippen LogP contribution is -2.53. The molecule has 9 rings (SSSR count). The number of allylic oxidation sites excluding steroid dienone is 2. The normalized spacial score (nSPS) is 23.6. The molecule has 2 aliphatic carbocycles. The number of carbonyl (C=O) groups excluding carboxylic acids is 4. The summed E-state index contributed by atoms with van der Waals surface area (Å²) in [6.07, 6.45) is 2.12. The fraction of sp³-hybridized carbons (Fsp3) is 0.265. The first-order chi connectivity index (χ1) is 31.3. The van der Waals surface area contributed by atoms with Crippen molar-refractivity contribution in [1.29, 1.82) is 0 Å². The molecular weight excluding hydrogens is 871 g/mol. The summed E-state index contributed by atoms with van der Waals surface area (Å²) in [6.45, 7) is 0. The Labute approximate surface area is 385 Å². The van der Waals surface area contributed by atoms with Gasteiger partial charge in [0.1, 0.15) is 23.0 Å². The lowest BCUT2D eigenvalue weighted by molar-refractivity contribution is -0.138. The summed E-state index contributed by atoms with van der Waals surface area (Å²) < 4.78 is 17.4. The molecule has 1 saturated carbocycles. The smallest absolute Gasteiger partial charge is 0.260 e. The SMILES string of the molecule is COc1ccc(C23C(=O)N(Nc4ccc(Cl)cc4Cl)C(=O)C2CC2C(=CCC4C(=O)N(c5ccc(N=Nc6ccc(N(C)C)cc6)cc5)C(=O)C42)C3c2c(OC)cc(O)cc2OC)cc1. The number of nitrogens with one attached hydrogen (secondary N) is 1. The van der Waals surface area contributed by atoms with E-state index in [0.29, 0.717) is 44.5 Å². The number of halogens is 2. The van der Waals surface area contributed by atoms with E-state index >= 15 is 9.59 Å². The molecule has 0 aromatic heterocycles. The monoisotopic (exact) mass is 914 g/mol. The number of amides is 4. The summed E-state index contributed by atoms with van der Waals surface area (Å²) in [5, 5.41) is 21.1. The van der Waals surface area contributed by atoms with Crippen LogP contribution in [-0.2, 0) is 24.6 Å². The van der Waals surface area contributed by atoms with Gasteiger partial charge in [0.2, 0.25) is 11.8 Å². The van der Waals surface area contributed by atoms with Crippen LogP contribution in [0, 0.1) is 23.7 Å². The molecule has 6 atom stereocenters. The van der Waals surface area contributed by atoms with Crippen molar-refractivity contribution in [2.75, 3.05) is 50.7 Å². The number of hydrogen-bond donors (Lipinski definition) is 2. The molecule has 16 heteroatoms. The van der Waals surface area contributed by atoms with Gasteiger partial charge in [-0.2, -0.15) is 15.2 Å². The molecule has 6 unspecified atom stereocenters. The maximum absolute atomic E-state index is 15.7. The van der Waals surface area contributed by atoms with Crippen molar-refractivity contribution in [3.63, 3.8) is 0 Å². The van der Waals surface area contributed by atoms with Crippen molar-refractivity contribution < 1.29 is 38.5 Å². The van der Waals surface area contributed by atoms with Crippen LogP contribution in [0.3, 0.4) is 0 Å². The number of phenolic OH excluding ortho intramolecular Hbond substituents is 1. The number of azo groups is 1. The van der Waals surface area contributed by atoms with E-state index in [9.17, 15) is 14.7 Å². The fourth-order valence-corrected chi connectivity index (χ4v) is 10.7. The highest BCUT2D eigenvalue weighted by atomic mass is 35.5. The van der Waals surface area contributed by atoms with Crippen LogP contribution in [0.2, 0.25) is 10.0 Å². The van der Waals surface area contributed by atoms with Gasteiger partial charge in [0, 0.05) is 48.4 Å². The summed E-state index contributed by atoms with van der Waals surface area (Å²) in [5.74, 6) is -5.74. The molecule has 5 aromatic carbocycles. The summed E-state index contributed by atoms with van der Waals surface area (Å²) >= 11 is 12.8. The molecule has 2 aliphatic heterocycles. The third-order valence-corrected chi connectivity index (χ3v) is 13.7. The Bertz CT molecular complexity index is 2770. The predicted molar refractivity (Wildman–Crippen MR) is 246 cm³/mol. The van der Waals surface area contributed by atoms with Crippen LogP contribution in [-0.4, -0.2) is 69.2 Å². The van der Waals surface area contributed by atoms with E-state index in [0.717, 1.165) is 10.7 Å². The molecule has 4 aliphatic rings. The number of benzene rings is 5. The minimum absolute atomic E-state index is 0.0249. The summed E-state index contributed by atoms with van der Waals surface area (Å²) in [7, 11) is 8.31. The summed E-state index contributed by atoms with van der Waals surface area (Å²) in [4.78, 5) is 63.6. The first kappa shape index (κ1) is 43.4. The number of fused-ring (bicyclic) bond motifs is 4. The van der Waals surface area contributed by atoms with Gasteiger partial charge < -0.3 is 24.2 Å². The largest absolute Gasteiger partial charge is 0.508 e. The van der Waals surface area contributed by atoms with Gasteiger partial charge in [0.25, 0.3) is 11.8 Å². The zero-order valence-corrected chi connectivity index (χ0v) is 37.5. The Morgan fingerprint density at radius 3 is 1.97 bits per heavy atom. The number of phenols is 1. The quantitative estimate of drug-likeness (QED) is 0.0742. The number of rotatable bonds is 11. The Morgan fingerprint density at radius 2 is 1.38 bits per heavy atom. The van der Waals surface area contributed by atoms with Crippen LogP contribution >= 0.6 is 23.2 Å². The van der Waals surface area contributed by atoms with Crippen molar-refractivity contribution in [2.45, 2.75) is 24.2 Å². The number of carbonyl (C=O) groups is 4. The number of ether oxygens (including phenoxy) is 3. The van der Waals surface area contributed by atoms with Crippen LogP contribution < -0.4 is 29.4 Å². The van der Waals surface area contributed by atoms with E-state index in [1.165, 1.54) is 44.4 Å². The minimum Gasteiger partial charge on any atom is -0.508 e. The molecule has 5 aromatic rings. The second-order valence-electron chi connectivity index (χ2n) is 16.6. The van der Waals surface area contributed by atoms with Gasteiger partial charge in [-0.3, -0.25) is 29.5 Å². The van der Waals surface area contributed by atoms with Gasteiger partial charge in [-0.05, 0) is 103 Å². The average Bonchev–Trinajstić information content (AvgIpc) is 3.69. The van der Waals surface area contributed by atoms with Crippen LogP contribution in [0.15, 0.2) is 125 Å². The first-order valence-corrected chi connectivity index (χ1v) is 21.6. The van der Waals surface area contributed by atoms with Gasteiger partial charge in [-0.25, -0.2) is 0 Å². The molecule has 2 N–H and O–H groups in total. The van der Waals surface area contributed by atoms with Crippen LogP contribution in [0.4, 0.5) is 28.4 Å². The minimum atomic E-state index is -1.70. The Kier molecular flexibility index (Phi) is 11.3. The highest BCUT2D eigenvalue weighted by molar-refractivity contribution is 6.36. The van der Waals surface area contributed by atoms with E-state index in [-0.39, 0.29) is 46.7 Å². The zero-order chi connectivity index (χ0) is 45.9. The Morgan fingerprint density at radius 1 is 0.754 bits per heavy atom.